The van der Waals surface area contributed by atoms with E-state index in [0.717, 1.165) is 19.4 Å². The Morgan fingerprint density at radius 3 is 2.96 bits per heavy atom. The van der Waals surface area contributed by atoms with Gasteiger partial charge >= 0.3 is 0 Å². The second-order valence-electron chi connectivity index (χ2n) is 5.68. The fourth-order valence-corrected chi connectivity index (χ4v) is 2.76. The smallest absolute Gasteiger partial charge is 0.225 e. The Balaban J connectivity index is 1.86. The molecule has 1 fully saturated rings. The van der Waals surface area contributed by atoms with Crippen LogP contribution in [-0.4, -0.2) is 29.1 Å². The number of hydrogen-bond donors (Lipinski definition) is 2. The average Bonchev–Trinajstić information content (AvgIpc) is 3.00. The third kappa shape index (κ3) is 3.56. The molecule has 3 rings (SSSR count). The Morgan fingerprint density at radius 2 is 2.30 bits per heavy atom. The maximum Gasteiger partial charge on any atom is 0.225 e. The van der Waals surface area contributed by atoms with E-state index in [0.29, 0.717) is 18.0 Å². The largest absolute Gasteiger partial charge is 0.341 e. The highest BCUT2D eigenvalue weighted by Gasteiger charge is 2.28. The number of amides is 1. The molecule has 1 saturated heterocycles. The van der Waals surface area contributed by atoms with Gasteiger partial charge in [0.2, 0.25) is 11.8 Å². The van der Waals surface area contributed by atoms with Crippen molar-refractivity contribution in [1.29, 1.82) is 0 Å². The van der Waals surface area contributed by atoms with Crippen LogP contribution in [0.3, 0.4) is 0 Å². The minimum atomic E-state index is -0.761. The monoisotopic (exact) mass is 318 g/mol. The van der Waals surface area contributed by atoms with Gasteiger partial charge in [0.25, 0.3) is 0 Å². The van der Waals surface area contributed by atoms with E-state index < -0.39 is 11.9 Å². The Bertz CT molecular complexity index is 682. The van der Waals surface area contributed by atoms with Crippen LogP contribution >= 0.6 is 0 Å². The molecule has 2 aromatic rings. The van der Waals surface area contributed by atoms with E-state index in [1.165, 1.54) is 6.07 Å². The summed E-state index contributed by atoms with van der Waals surface area (Å²) in [5.74, 6) is -0.0550. The highest BCUT2D eigenvalue weighted by atomic mass is 19.1. The third-order valence-corrected chi connectivity index (χ3v) is 3.97. The molecule has 2 atom stereocenters. The zero-order valence-electron chi connectivity index (χ0n) is 12.9. The molecule has 0 aliphatic carbocycles. The van der Waals surface area contributed by atoms with Gasteiger partial charge < -0.3 is 15.2 Å². The van der Waals surface area contributed by atoms with E-state index in [9.17, 15) is 9.18 Å². The molecule has 0 bridgehead atoms. The predicted molar refractivity (Wildman–Crippen MR) is 81.0 cm³/mol. The summed E-state index contributed by atoms with van der Waals surface area (Å²) >= 11 is 0. The van der Waals surface area contributed by atoms with Crippen molar-refractivity contribution in [2.45, 2.75) is 25.8 Å². The van der Waals surface area contributed by atoms with Gasteiger partial charge in [0.15, 0.2) is 5.82 Å². The lowest BCUT2D eigenvalue weighted by atomic mass is 9.97. The number of halogens is 1. The number of benzene rings is 1. The molecule has 1 aromatic heterocycles. The predicted octanol–water partition coefficient (Wildman–Crippen LogP) is 1.72. The van der Waals surface area contributed by atoms with Gasteiger partial charge in [-0.3, -0.25) is 4.79 Å². The molecule has 1 aromatic carbocycles. The number of rotatable bonds is 4. The Morgan fingerprint density at radius 1 is 1.48 bits per heavy atom. The van der Waals surface area contributed by atoms with Crippen molar-refractivity contribution in [1.82, 2.24) is 20.8 Å². The summed E-state index contributed by atoms with van der Waals surface area (Å²) in [6, 6.07) is 5.52. The van der Waals surface area contributed by atoms with E-state index in [1.54, 1.807) is 25.1 Å². The number of aromatic nitrogens is 2. The summed E-state index contributed by atoms with van der Waals surface area (Å²) in [6.45, 7) is 3.20. The fourth-order valence-electron chi connectivity index (χ4n) is 2.76. The van der Waals surface area contributed by atoms with E-state index in [-0.39, 0.29) is 17.6 Å². The highest BCUT2D eigenvalue weighted by Crippen LogP contribution is 2.23. The second-order valence-corrected chi connectivity index (χ2v) is 5.68. The summed E-state index contributed by atoms with van der Waals surface area (Å²) in [4.78, 5) is 16.7. The third-order valence-electron chi connectivity index (χ3n) is 3.97. The summed E-state index contributed by atoms with van der Waals surface area (Å²) in [6.07, 6.45) is 1.76. The normalized spacial score (nSPS) is 19.3. The van der Waals surface area contributed by atoms with E-state index in [4.69, 9.17) is 4.52 Å². The van der Waals surface area contributed by atoms with Crippen molar-refractivity contribution in [2.24, 2.45) is 5.92 Å². The number of piperidine rings is 1. The average molecular weight is 318 g/mol. The molecule has 1 aliphatic rings. The lowest BCUT2D eigenvalue weighted by Crippen LogP contribution is -2.42. The molecule has 6 nitrogen and oxygen atoms in total. The zero-order valence-corrected chi connectivity index (χ0v) is 12.9. The maximum absolute atomic E-state index is 14.2. The number of nitrogens with one attached hydrogen (secondary N) is 2. The van der Waals surface area contributed by atoms with Crippen LogP contribution in [0.15, 0.2) is 28.8 Å². The van der Waals surface area contributed by atoms with Gasteiger partial charge in [-0.05, 0) is 25.5 Å². The van der Waals surface area contributed by atoms with Gasteiger partial charge in [0.1, 0.15) is 11.9 Å². The summed E-state index contributed by atoms with van der Waals surface area (Å²) in [7, 11) is 0. The van der Waals surface area contributed by atoms with Crippen molar-refractivity contribution in [3.63, 3.8) is 0 Å². The second kappa shape index (κ2) is 6.87. The molecular formula is C16H19FN4O2. The minimum absolute atomic E-state index is 0.132. The standard InChI is InChI=1S/C16H19FN4O2/c1-10-19-15(21-23-10)14(12-6-2-3-7-13(12)17)20-16(22)11-5-4-8-18-9-11/h2-3,6-7,11,14,18H,4-5,8-9H2,1H3,(H,20,22)/t11-,14+/m1/s1. The fraction of sp³-hybridized carbons (Fsp3) is 0.438. The molecule has 7 heteroatoms. The Hall–Kier alpha value is -2.28. The quantitative estimate of drug-likeness (QED) is 0.897. The number of hydrogen-bond acceptors (Lipinski definition) is 5. The van der Waals surface area contributed by atoms with Crippen LogP contribution in [0.5, 0.6) is 0 Å². The Kier molecular flexibility index (Phi) is 4.66. The molecule has 0 radical (unpaired) electrons. The van der Waals surface area contributed by atoms with Gasteiger partial charge in [-0.2, -0.15) is 4.98 Å². The van der Waals surface area contributed by atoms with Gasteiger partial charge in [-0.15, -0.1) is 0 Å². The summed E-state index contributed by atoms with van der Waals surface area (Å²) in [5.41, 5.74) is 0.324. The van der Waals surface area contributed by atoms with Gasteiger partial charge in [0, 0.05) is 19.0 Å². The molecule has 0 spiro atoms. The molecule has 1 amide bonds. The molecule has 122 valence electrons. The lowest BCUT2D eigenvalue weighted by molar-refractivity contribution is -0.126. The van der Waals surface area contributed by atoms with E-state index in [1.807, 2.05) is 0 Å². The van der Waals surface area contributed by atoms with Gasteiger partial charge in [0.05, 0.1) is 5.92 Å². The minimum Gasteiger partial charge on any atom is -0.341 e. The van der Waals surface area contributed by atoms with Crippen molar-refractivity contribution in [2.75, 3.05) is 13.1 Å². The molecule has 0 saturated carbocycles. The molecule has 2 heterocycles. The van der Waals surface area contributed by atoms with Gasteiger partial charge in [-0.25, -0.2) is 4.39 Å². The van der Waals surface area contributed by atoms with Crippen molar-refractivity contribution in [3.8, 4) is 0 Å². The van der Waals surface area contributed by atoms with Crippen LogP contribution < -0.4 is 10.6 Å². The first-order valence-electron chi connectivity index (χ1n) is 7.71. The van der Waals surface area contributed by atoms with Crippen LogP contribution in [0, 0.1) is 18.7 Å². The van der Waals surface area contributed by atoms with Gasteiger partial charge in [-0.1, -0.05) is 23.4 Å². The first-order chi connectivity index (χ1) is 11.1. The topological polar surface area (TPSA) is 80.0 Å². The van der Waals surface area contributed by atoms with Crippen molar-refractivity contribution in [3.05, 3.63) is 47.4 Å². The van der Waals surface area contributed by atoms with Crippen LogP contribution in [0.1, 0.15) is 36.2 Å². The number of carbonyl (C=O) groups is 1. The summed E-state index contributed by atoms with van der Waals surface area (Å²) in [5, 5.41) is 9.92. The maximum atomic E-state index is 14.2. The first kappa shape index (κ1) is 15.6. The molecule has 0 unspecified atom stereocenters. The molecule has 1 aliphatic heterocycles. The van der Waals surface area contributed by atoms with Crippen molar-refractivity contribution >= 4 is 5.91 Å². The SMILES string of the molecule is Cc1nc([C@@H](NC(=O)[C@@H]2CCCNC2)c2ccccc2F)no1. The zero-order chi connectivity index (χ0) is 16.2. The highest BCUT2D eigenvalue weighted by molar-refractivity contribution is 5.79. The summed E-state index contributed by atoms with van der Waals surface area (Å²) < 4.78 is 19.2. The number of aryl methyl sites for hydroxylation is 1. The number of nitrogens with zero attached hydrogens (tertiary/aromatic N) is 2. The Labute approximate surface area is 133 Å². The van der Waals surface area contributed by atoms with Crippen LogP contribution in [0.2, 0.25) is 0 Å². The van der Waals surface area contributed by atoms with E-state index in [2.05, 4.69) is 20.8 Å². The number of carbonyl (C=O) groups excluding carboxylic acids is 1. The molecule has 2 N–H and O–H groups in total. The molecular weight excluding hydrogens is 299 g/mol. The van der Waals surface area contributed by atoms with Crippen LogP contribution in [0.4, 0.5) is 4.39 Å². The lowest BCUT2D eigenvalue weighted by Gasteiger charge is -2.24. The molecule has 23 heavy (non-hydrogen) atoms. The van der Waals surface area contributed by atoms with Crippen LogP contribution in [-0.2, 0) is 4.79 Å². The first-order valence-corrected chi connectivity index (χ1v) is 7.71. The van der Waals surface area contributed by atoms with Crippen molar-refractivity contribution < 1.29 is 13.7 Å². The van der Waals surface area contributed by atoms with Crippen LogP contribution in [0.25, 0.3) is 0 Å². The van der Waals surface area contributed by atoms with E-state index >= 15 is 0 Å².